The number of hydrogen-bond donors (Lipinski definition) is 2. The number of phenols is 2. The van der Waals surface area contributed by atoms with Gasteiger partial charge in [0.2, 0.25) is 0 Å². The zero-order valence-electron chi connectivity index (χ0n) is 13.9. The summed E-state index contributed by atoms with van der Waals surface area (Å²) < 4.78 is 0. The van der Waals surface area contributed by atoms with Crippen LogP contribution >= 0.6 is 0 Å². The van der Waals surface area contributed by atoms with E-state index in [1.165, 1.54) is 43.2 Å². The van der Waals surface area contributed by atoms with Gasteiger partial charge in [-0.2, -0.15) is 0 Å². The van der Waals surface area contributed by atoms with Crippen LogP contribution in [0.2, 0.25) is 0 Å². The van der Waals surface area contributed by atoms with Crippen LogP contribution < -0.4 is 0 Å². The topological polar surface area (TPSA) is 40.5 Å². The smallest absolute Gasteiger partial charge is 0.115 e. The highest BCUT2D eigenvalue weighted by Crippen LogP contribution is 2.70. The molecule has 2 bridgehead atoms. The zero-order valence-corrected chi connectivity index (χ0v) is 13.9. The molecule has 0 saturated heterocycles. The van der Waals surface area contributed by atoms with Crippen LogP contribution in [0, 0.1) is 23.7 Å². The van der Waals surface area contributed by atoms with Gasteiger partial charge in [0.15, 0.2) is 0 Å². The first-order valence-electron chi connectivity index (χ1n) is 9.30. The van der Waals surface area contributed by atoms with Crippen LogP contribution in [0.3, 0.4) is 0 Å². The van der Waals surface area contributed by atoms with Gasteiger partial charge in [-0.05, 0) is 84.7 Å². The molecule has 3 aliphatic rings. The van der Waals surface area contributed by atoms with Crippen LogP contribution in [-0.2, 0) is 5.41 Å². The van der Waals surface area contributed by atoms with E-state index in [0.717, 1.165) is 11.8 Å². The van der Waals surface area contributed by atoms with Gasteiger partial charge >= 0.3 is 0 Å². The molecule has 24 heavy (non-hydrogen) atoms. The standard InChI is InChI=1S/C22H24O2/c23-16-8-4-14(5-9-16)22(15-6-10-17(24)11-7-15)20-12-13-21(22)19-3-1-2-18(19)20/h4-11,18-21,23-24H,1-3,12-13H2. The molecule has 2 aromatic rings. The van der Waals surface area contributed by atoms with Crippen molar-refractivity contribution in [3.8, 4) is 11.5 Å². The molecule has 0 spiro atoms. The van der Waals surface area contributed by atoms with Crippen molar-refractivity contribution < 1.29 is 10.2 Å². The summed E-state index contributed by atoms with van der Waals surface area (Å²) in [6.07, 6.45) is 6.78. The highest BCUT2D eigenvalue weighted by atomic mass is 16.3. The monoisotopic (exact) mass is 320 g/mol. The Bertz CT molecular complexity index is 681. The van der Waals surface area contributed by atoms with Crippen molar-refractivity contribution in [1.29, 1.82) is 0 Å². The number of rotatable bonds is 2. The van der Waals surface area contributed by atoms with Gasteiger partial charge in [-0.25, -0.2) is 0 Å². The molecule has 3 saturated carbocycles. The Kier molecular flexibility index (Phi) is 3.01. The molecule has 0 aliphatic heterocycles. The van der Waals surface area contributed by atoms with E-state index in [-0.39, 0.29) is 5.41 Å². The molecule has 3 fully saturated rings. The van der Waals surface area contributed by atoms with E-state index in [2.05, 4.69) is 24.3 Å². The fourth-order valence-corrected chi connectivity index (χ4v) is 6.71. The molecule has 2 N–H and O–H groups in total. The Labute approximate surface area is 143 Å². The SMILES string of the molecule is Oc1ccc(C2(c3ccc(O)cc3)C3CCC2C2CCCC23)cc1. The van der Waals surface area contributed by atoms with Crippen molar-refractivity contribution in [3.63, 3.8) is 0 Å². The number of hydrogen-bond acceptors (Lipinski definition) is 2. The second-order valence-electron chi connectivity index (χ2n) is 8.01. The van der Waals surface area contributed by atoms with Crippen LogP contribution in [0.4, 0.5) is 0 Å². The van der Waals surface area contributed by atoms with Gasteiger partial charge in [0, 0.05) is 5.41 Å². The molecular formula is C22H24O2. The van der Waals surface area contributed by atoms with Crippen molar-refractivity contribution in [2.24, 2.45) is 23.7 Å². The Morgan fingerprint density at radius 3 is 1.46 bits per heavy atom. The average molecular weight is 320 g/mol. The van der Waals surface area contributed by atoms with E-state index in [0.29, 0.717) is 23.3 Å². The van der Waals surface area contributed by atoms with Crippen LogP contribution in [0.15, 0.2) is 48.5 Å². The van der Waals surface area contributed by atoms with E-state index in [1.807, 2.05) is 24.3 Å². The maximum absolute atomic E-state index is 9.77. The maximum atomic E-state index is 9.77. The van der Waals surface area contributed by atoms with Gasteiger partial charge in [-0.3, -0.25) is 0 Å². The zero-order chi connectivity index (χ0) is 16.3. The molecule has 124 valence electrons. The average Bonchev–Trinajstić information content (AvgIpc) is 3.26. The summed E-state index contributed by atoms with van der Waals surface area (Å²) in [7, 11) is 0. The van der Waals surface area contributed by atoms with E-state index in [9.17, 15) is 10.2 Å². The van der Waals surface area contributed by atoms with E-state index < -0.39 is 0 Å². The van der Waals surface area contributed by atoms with Gasteiger partial charge in [0.1, 0.15) is 11.5 Å². The number of phenolic OH excluding ortho intramolecular Hbond substituents is 2. The van der Waals surface area contributed by atoms with Gasteiger partial charge < -0.3 is 10.2 Å². The van der Waals surface area contributed by atoms with Crippen molar-refractivity contribution in [3.05, 3.63) is 59.7 Å². The van der Waals surface area contributed by atoms with Crippen LogP contribution in [-0.4, -0.2) is 10.2 Å². The fourth-order valence-electron chi connectivity index (χ4n) is 6.71. The molecule has 2 aromatic carbocycles. The minimum atomic E-state index is 0.0666. The van der Waals surface area contributed by atoms with Gasteiger partial charge in [-0.1, -0.05) is 30.7 Å². The van der Waals surface area contributed by atoms with Gasteiger partial charge in [0.25, 0.3) is 0 Å². The van der Waals surface area contributed by atoms with Gasteiger partial charge in [-0.15, -0.1) is 0 Å². The van der Waals surface area contributed by atoms with Crippen molar-refractivity contribution in [2.75, 3.05) is 0 Å². The molecule has 0 aromatic heterocycles. The highest BCUT2D eigenvalue weighted by Gasteiger charge is 2.65. The predicted molar refractivity (Wildman–Crippen MR) is 94.0 cm³/mol. The third-order valence-corrected chi connectivity index (χ3v) is 7.31. The lowest BCUT2D eigenvalue weighted by Gasteiger charge is -2.38. The van der Waals surface area contributed by atoms with Crippen LogP contribution in [0.5, 0.6) is 11.5 Å². The van der Waals surface area contributed by atoms with E-state index >= 15 is 0 Å². The number of aromatic hydroxyl groups is 2. The molecule has 5 rings (SSSR count). The minimum Gasteiger partial charge on any atom is -0.508 e. The molecule has 3 aliphatic carbocycles. The lowest BCUT2D eigenvalue weighted by atomic mass is 9.65. The Balaban J connectivity index is 1.73. The lowest BCUT2D eigenvalue weighted by molar-refractivity contribution is 0.259. The van der Waals surface area contributed by atoms with Crippen molar-refractivity contribution >= 4 is 0 Å². The summed E-state index contributed by atoms with van der Waals surface area (Å²) in [4.78, 5) is 0. The third kappa shape index (κ3) is 1.72. The Morgan fingerprint density at radius 1 is 0.625 bits per heavy atom. The molecule has 0 radical (unpaired) electrons. The first-order chi connectivity index (χ1) is 11.7. The van der Waals surface area contributed by atoms with Crippen molar-refractivity contribution in [1.82, 2.24) is 0 Å². The largest absolute Gasteiger partial charge is 0.508 e. The molecule has 0 heterocycles. The van der Waals surface area contributed by atoms with Crippen LogP contribution in [0.25, 0.3) is 0 Å². The third-order valence-electron chi connectivity index (χ3n) is 7.31. The number of fused-ring (bicyclic) bond motifs is 5. The maximum Gasteiger partial charge on any atom is 0.115 e. The normalized spacial score (nSPS) is 32.8. The van der Waals surface area contributed by atoms with Gasteiger partial charge in [0.05, 0.1) is 0 Å². The summed E-state index contributed by atoms with van der Waals surface area (Å²) in [6, 6.07) is 15.9. The number of benzene rings is 2. The Hall–Kier alpha value is -1.96. The summed E-state index contributed by atoms with van der Waals surface area (Å²) in [5.41, 5.74) is 2.78. The molecule has 4 unspecified atom stereocenters. The lowest BCUT2D eigenvalue weighted by Crippen LogP contribution is -2.35. The van der Waals surface area contributed by atoms with Crippen LogP contribution in [0.1, 0.15) is 43.2 Å². The second kappa shape index (κ2) is 5.02. The molecule has 0 amide bonds. The predicted octanol–water partition coefficient (Wildman–Crippen LogP) is 4.84. The molecular weight excluding hydrogens is 296 g/mol. The van der Waals surface area contributed by atoms with E-state index in [4.69, 9.17) is 0 Å². The quantitative estimate of drug-likeness (QED) is 0.831. The summed E-state index contributed by atoms with van der Waals surface area (Å²) in [5, 5.41) is 19.5. The molecule has 2 nitrogen and oxygen atoms in total. The molecule has 4 atom stereocenters. The highest BCUT2D eigenvalue weighted by molar-refractivity contribution is 5.48. The van der Waals surface area contributed by atoms with Crippen molar-refractivity contribution in [2.45, 2.75) is 37.5 Å². The summed E-state index contributed by atoms with van der Waals surface area (Å²) in [6.45, 7) is 0. The fraction of sp³-hybridized carbons (Fsp3) is 0.455. The van der Waals surface area contributed by atoms with E-state index in [1.54, 1.807) is 0 Å². The Morgan fingerprint density at radius 2 is 1.04 bits per heavy atom. The first-order valence-corrected chi connectivity index (χ1v) is 9.30. The first kappa shape index (κ1) is 14.4. The minimum absolute atomic E-state index is 0.0666. The summed E-state index contributed by atoms with van der Waals surface area (Å²) >= 11 is 0. The summed E-state index contributed by atoms with van der Waals surface area (Å²) in [5.74, 6) is 3.78. The second-order valence-corrected chi connectivity index (χ2v) is 8.01. The molecule has 2 heteroatoms.